The van der Waals surface area contributed by atoms with Gasteiger partial charge in [-0.2, -0.15) is 0 Å². The zero-order chi connectivity index (χ0) is 14.7. The molecule has 1 aromatic rings. The molecule has 20 heavy (non-hydrogen) atoms. The summed E-state index contributed by atoms with van der Waals surface area (Å²) in [6, 6.07) is 1.51. The summed E-state index contributed by atoms with van der Waals surface area (Å²) >= 11 is 0. The normalized spacial score (nSPS) is 16.7. The molecule has 1 fully saturated rings. The van der Waals surface area contributed by atoms with E-state index in [4.69, 9.17) is 0 Å². The summed E-state index contributed by atoms with van der Waals surface area (Å²) in [6.45, 7) is 11.1. The van der Waals surface area contributed by atoms with Crippen LogP contribution >= 0.6 is 0 Å². The summed E-state index contributed by atoms with van der Waals surface area (Å²) in [5.41, 5.74) is 0.725. The summed E-state index contributed by atoms with van der Waals surface area (Å²) in [7, 11) is 0. The van der Waals surface area contributed by atoms with E-state index in [0.29, 0.717) is 5.95 Å². The van der Waals surface area contributed by atoms with Crippen LogP contribution in [0.5, 0.6) is 0 Å². The first-order chi connectivity index (χ1) is 9.51. The number of nitrogens with one attached hydrogen (secondary N) is 1. The number of quaternary nitrogens is 1. The summed E-state index contributed by atoms with van der Waals surface area (Å²) < 4.78 is 0. The van der Waals surface area contributed by atoms with E-state index in [2.05, 4.69) is 21.8 Å². The number of carbonyl (C=O) groups is 1. The molecule has 0 unspecified atom stereocenters. The van der Waals surface area contributed by atoms with Gasteiger partial charge >= 0.3 is 0 Å². The van der Waals surface area contributed by atoms with Gasteiger partial charge in [-0.15, -0.1) is 0 Å². The molecule has 0 bridgehead atoms. The SMILES string of the molecule is CC[NH+]1CCN(c2nc(C(=O)[O-])cc(C(C)C)n2)CC1. The number of anilines is 1. The van der Waals surface area contributed by atoms with Crippen LogP contribution in [0, 0.1) is 0 Å². The van der Waals surface area contributed by atoms with Crippen molar-refractivity contribution in [3.8, 4) is 0 Å². The van der Waals surface area contributed by atoms with E-state index >= 15 is 0 Å². The highest BCUT2D eigenvalue weighted by molar-refractivity contribution is 5.83. The first-order valence-electron chi connectivity index (χ1n) is 7.20. The summed E-state index contributed by atoms with van der Waals surface area (Å²) in [4.78, 5) is 23.3. The van der Waals surface area contributed by atoms with Gasteiger partial charge in [-0.1, -0.05) is 13.8 Å². The number of hydrogen-bond acceptors (Lipinski definition) is 5. The molecular formula is C14H22N4O2. The predicted octanol–water partition coefficient (Wildman–Crippen LogP) is -1.31. The number of nitrogens with zero attached hydrogens (tertiary/aromatic N) is 3. The third-order valence-corrected chi connectivity index (χ3v) is 3.79. The maximum absolute atomic E-state index is 11.1. The minimum Gasteiger partial charge on any atom is -0.543 e. The molecule has 1 aromatic heterocycles. The predicted molar refractivity (Wildman–Crippen MR) is 73.9 cm³/mol. The van der Waals surface area contributed by atoms with Gasteiger partial charge in [0.05, 0.1) is 44.4 Å². The number of hydrogen-bond donors (Lipinski definition) is 1. The Morgan fingerprint density at radius 2 is 2.05 bits per heavy atom. The van der Waals surface area contributed by atoms with Crippen LogP contribution in [0.2, 0.25) is 0 Å². The van der Waals surface area contributed by atoms with E-state index in [0.717, 1.165) is 38.4 Å². The molecule has 6 heteroatoms. The van der Waals surface area contributed by atoms with Gasteiger partial charge in [0.25, 0.3) is 0 Å². The Morgan fingerprint density at radius 3 is 2.55 bits per heavy atom. The minimum atomic E-state index is -1.24. The molecule has 0 radical (unpaired) electrons. The number of carboxylic acid groups (broad SMARTS) is 1. The molecule has 1 N–H and O–H groups in total. The van der Waals surface area contributed by atoms with E-state index < -0.39 is 5.97 Å². The Morgan fingerprint density at radius 1 is 1.40 bits per heavy atom. The van der Waals surface area contributed by atoms with E-state index in [-0.39, 0.29) is 11.6 Å². The first-order valence-corrected chi connectivity index (χ1v) is 7.20. The molecule has 110 valence electrons. The number of aromatic carboxylic acids is 1. The molecule has 1 saturated heterocycles. The standard InChI is InChI=1S/C14H22N4O2/c1-4-17-5-7-18(8-6-17)14-15-11(10(2)3)9-12(16-14)13(19)20/h9-10H,4-8H2,1-3H3,(H,19,20). The molecule has 1 aliphatic heterocycles. The number of piperazine rings is 1. The lowest BCUT2D eigenvalue weighted by Gasteiger charge is -2.32. The Balaban J connectivity index is 2.24. The highest BCUT2D eigenvalue weighted by Crippen LogP contribution is 2.17. The maximum Gasteiger partial charge on any atom is 0.226 e. The van der Waals surface area contributed by atoms with Crippen molar-refractivity contribution in [3.63, 3.8) is 0 Å². The lowest BCUT2D eigenvalue weighted by molar-refractivity contribution is -0.898. The number of aromatic nitrogens is 2. The third-order valence-electron chi connectivity index (χ3n) is 3.79. The molecule has 6 nitrogen and oxygen atoms in total. The van der Waals surface area contributed by atoms with E-state index in [9.17, 15) is 9.90 Å². The van der Waals surface area contributed by atoms with Crippen LogP contribution in [0.1, 0.15) is 42.9 Å². The van der Waals surface area contributed by atoms with Gasteiger partial charge in [-0.25, -0.2) is 9.97 Å². The fourth-order valence-corrected chi connectivity index (χ4v) is 2.37. The number of carboxylic acids is 1. The van der Waals surface area contributed by atoms with Crippen molar-refractivity contribution in [3.05, 3.63) is 17.5 Å². The second-order valence-corrected chi connectivity index (χ2v) is 5.51. The van der Waals surface area contributed by atoms with Crippen molar-refractivity contribution >= 4 is 11.9 Å². The lowest BCUT2D eigenvalue weighted by Crippen LogP contribution is -3.14. The van der Waals surface area contributed by atoms with Crippen molar-refractivity contribution in [2.75, 3.05) is 37.6 Å². The lowest BCUT2D eigenvalue weighted by atomic mass is 10.1. The monoisotopic (exact) mass is 278 g/mol. The quantitative estimate of drug-likeness (QED) is 0.740. The summed E-state index contributed by atoms with van der Waals surface area (Å²) in [5.74, 6) is -0.559. The van der Waals surface area contributed by atoms with Gasteiger partial charge < -0.3 is 19.7 Å². The van der Waals surface area contributed by atoms with Crippen LogP contribution < -0.4 is 14.9 Å². The largest absolute Gasteiger partial charge is 0.543 e. The Bertz CT molecular complexity index is 482. The third kappa shape index (κ3) is 3.25. The molecular weight excluding hydrogens is 256 g/mol. The fourth-order valence-electron chi connectivity index (χ4n) is 2.37. The van der Waals surface area contributed by atoms with Gasteiger partial charge in [-0.05, 0) is 18.9 Å². The topological polar surface area (TPSA) is 73.6 Å². The number of likely N-dealkylation sites (N-methyl/N-ethyl adjacent to an activating group) is 1. The number of rotatable bonds is 4. The molecule has 0 atom stereocenters. The molecule has 1 aliphatic rings. The average molecular weight is 278 g/mol. The zero-order valence-electron chi connectivity index (χ0n) is 12.3. The van der Waals surface area contributed by atoms with Crippen LogP contribution in [0.4, 0.5) is 5.95 Å². The molecule has 0 amide bonds. The van der Waals surface area contributed by atoms with Gasteiger partial charge in [0, 0.05) is 5.69 Å². The summed E-state index contributed by atoms with van der Waals surface area (Å²) in [6.07, 6.45) is 0. The van der Waals surface area contributed by atoms with Crippen LogP contribution in [0.3, 0.4) is 0 Å². The fraction of sp³-hybridized carbons (Fsp3) is 0.643. The zero-order valence-corrected chi connectivity index (χ0v) is 12.3. The van der Waals surface area contributed by atoms with Crippen LogP contribution in [0.15, 0.2) is 6.07 Å². The van der Waals surface area contributed by atoms with Crippen molar-refractivity contribution in [2.45, 2.75) is 26.7 Å². The van der Waals surface area contributed by atoms with Crippen LogP contribution in [0.25, 0.3) is 0 Å². The van der Waals surface area contributed by atoms with Crippen molar-refractivity contribution in [1.29, 1.82) is 0 Å². The van der Waals surface area contributed by atoms with E-state index in [1.807, 2.05) is 13.8 Å². The maximum atomic E-state index is 11.1. The molecule has 0 saturated carbocycles. The Kier molecular flexibility index (Phi) is 4.54. The van der Waals surface area contributed by atoms with Gasteiger partial charge in [-0.3, -0.25) is 0 Å². The van der Waals surface area contributed by atoms with E-state index in [1.165, 1.54) is 6.07 Å². The van der Waals surface area contributed by atoms with Crippen molar-refractivity contribution in [2.24, 2.45) is 0 Å². The summed E-state index contributed by atoms with van der Waals surface area (Å²) in [5, 5.41) is 11.1. The van der Waals surface area contributed by atoms with E-state index in [1.54, 1.807) is 4.90 Å². The van der Waals surface area contributed by atoms with Gasteiger partial charge in [0.15, 0.2) is 0 Å². The molecule has 2 heterocycles. The van der Waals surface area contributed by atoms with Crippen LogP contribution in [-0.2, 0) is 0 Å². The van der Waals surface area contributed by atoms with Crippen LogP contribution in [-0.4, -0.2) is 48.7 Å². The highest BCUT2D eigenvalue weighted by atomic mass is 16.4. The minimum absolute atomic E-state index is 0.0241. The van der Waals surface area contributed by atoms with Gasteiger partial charge in [0.1, 0.15) is 0 Å². The average Bonchev–Trinajstić information content (AvgIpc) is 2.46. The first kappa shape index (κ1) is 14.7. The van der Waals surface area contributed by atoms with Crippen molar-refractivity contribution < 1.29 is 14.8 Å². The smallest absolute Gasteiger partial charge is 0.226 e. The molecule has 0 aliphatic carbocycles. The van der Waals surface area contributed by atoms with Crippen molar-refractivity contribution in [1.82, 2.24) is 9.97 Å². The Labute approximate surface area is 119 Å². The molecule has 2 rings (SSSR count). The van der Waals surface area contributed by atoms with Gasteiger partial charge in [0.2, 0.25) is 5.95 Å². The molecule has 0 aromatic carbocycles. The number of carbonyl (C=O) groups excluding carboxylic acids is 1. The second-order valence-electron chi connectivity index (χ2n) is 5.51. The Hall–Kier alpha value is -1.69. The molecule has 0 spiro atoms. The second kappa shape index (κ2) is 6.17. The highest BCUT2D eigenvalue weighted by Gasteiger charge is 2.21.